The van der Waals surface area contributed by atoms with Crippen molar-refractivity contribution in [3.8, 4) is 0 Å². The summed E-state index contributed by atoms with van der Waals surface area (Å²) in [7, 11) is 0. The van der Waals surface area contributed by atoms with Gasteiger partial charge in [-0.2, -0.15) is 0 Å². The summed E-state index contributed by atoms with van der Waals surface area (Å²) >= 11 is 1.50. The Bertz CT molecular complexity index is 764. The van der Waals surface area contributed by atoms with Crippen molar-refractivity contribution in [2.45, 2.75) is 12.5 Å². The van der Waals surface area contributed by atoms with Crippen LogP contribution in [-0.4, -0.2) is 33.4 Å². The summed E-state index contributed by atoms with van der Waals surface area (Å²) in [6.45, 7) is 0.329. The summed E-state index contributed by atoms with van der Waals surface area (Å²) < 4.78 is 0. The Morgan fingerprint density at radius 2 is 2.19 bits per heavy atom. The zero-order valence-electron chi connectivity index (χ0n) is 10.9. The minimum atomic E-state index is -1.06. The predicted octanol–water partition coefficient (Wildman–Crippen LogP) is 1.26. The number of pyridine rings is 1. The predicted molar refractivity (Wildman–Crippen MR) is 76.5 cm³/mol. The van der Waals surface area contributed by atoms with Crippen molar-refractivity contribution in [2.24, 2.45) is 0 Å². The molecule has 1 atom stereocenters. The summed E-state index contributed by atoms with van der Waals surface area (Å²) in [6.07, 6.45) is 2.01. The first kappa shape index (κ1) is 13.6. The standard InChI is InChI=1S/C14H12N2O4S/c17-11-7-8(1-4-15-11)13(18)16-5-2-10-9(3-6-21-10)12(16)14(19)20/h1,3-4,6-7,12H,2,5H2,(H,15,17)(H,19,20). The molecule has 0 spiro atoms. The molecule has 1 aliphatic heterocycles. The summed E-state index contributed by atoms with van der Waals surface area (Å²) in [4.78, 5) is 40.1. The van der Waals surface area contributed by atoms with E-state index in [2.05, 4.69) is 4.98 Å². The fourth-order valence-corrected chi connectivity index (χ4v) is 3.45. The first-order chi connectivity index (χ1) is 10.1. The van der Waals surface area contributed by atoms with Gasteiger partial charge in [-0.15, -0.1) is 11.3 Å². The smallest absolute Gasteiger partial charge is 0.331 e. The van der Waals surface area contributed by atoms with Gasteiger partial charge in [-0.05, 0) is 29.5 Å². The van der Waals surface area contributed by atoms with E-state index in [1.165, 1.54) is 34.6 Å². The molecule has 108 valence electrons. The first-order valence-corrected chi connectivity index (χ1v) is 7.24. The van der Waals surface area contributed by atoms with Gasteiger partial charge >= 0.3 is 5.97 Å². The lowest BCUT2D eigenvalue weighted by molar-refractivity contribution is -0.142. The van der Waals surface area contributed by atoms with Crippen molar-refractivity contribution in [2.75, 3.05) is 6.54 Å². The lowest BCUT2D eigenvalue weighted by Gasteiger charge is -2.33. The number of nitrogens with one attached hydrogen (secondary N) is 1. The summed E-state index contributed by atoms with van der Waals surface area (Å²) in [5, 5.41) is 11.3. The number of carbonyl (C=O) groups is 2. The molecule has 2 aromatic rings. The zero-order chi connectivity index (χ0) is 15.0. The lowest BCUT2D eigenvalue weighted by atomic mass is 9.99. The van der Waals surface area contributed by atoms with Crippen molar-refractivity contribution in [3.63, 3.8) is 0 Å². The van der Waals surface area contributed by atoms with Gasteiger partial charge in [-0.1, -0.05) is 0 Å². The lowest BCUT2D eigenvalue weighted by Crippen LogP contribution is -2.43. The molecular formula is C14H12N2O4S. The molecule has 6 nitrogen and oxygen atoms in total. The van der Waals surface area contributed by atoms with E-state index in [4.69, 9.17) is 0 Å². The van der Waals surface area contributed by atoms with Crippen molar-refractivity contribution in [3.05, 3.63) is 56.1 Å². The molecular weight excluding hydrogens is 292 g/mol. The van der Waals surface area contributed by atoms with Crippen LogP contribution in [0, 0.1) is 0 Å². The molecule has 1 amide bonds. The van der Waals surface area contributed by atoms with E-state index < -0.39 is 17.9 Å². The number of carboxylic acids is 1. The molecule has 3 rings (SSSR count). The molecule has 7 heteroatoms. The minimum absolute atomic E-state index is 0.198. The van der Waals surface area contributed by atoms with Crippen LogP contribution in [0.25, 0.3) is 0 Å². The Labute approximate surface area is 123 Å². The van der Waals surface area contributed by atoms with E-state index in [0.29, 0.717) is 18.5 Å². The third kappa shape index (κ3) is 2.36. The van der Waals surface area contributed by atoms with E-state index in [1.54, 1.807) is 6.07 Å². The maximum Gasteiger partial charge on any atom is 0.331 e. The van der Waals surface area contributed by atoms with Crippen LogP contribution in [0.5, 0.6) is 0 Å². The third-order valence-electron chi connectivity index (χ3n) is 3.48. The number of H-pyrrole nitrogens is 1. The number of aliphatic carboxylic acids is 1. The second-order valence-electron chi connectivity index (χ2n) is 4.73. The normalized spacial score (nSPS) is 17.3. The Hall–Kier alpha value is -2.41. The Balaban J connectivity index is 2.00. The zero-order valence-corrected chi connectivity index (χ0v) is 11.7. The molecule has 2 N–H and O–H groups in total. The van der Waals surface area contributed by atoms with Crippen LogP contribution in [0.15, 0.2) is 34.6 Å². The number of carbonyl (C=O) groups excluding carboxylic acids is 1. The Morgan fingerprint density at radius 1 is 1.38 bits per heavy atom. The molecule has 0 fully saturated rings. The van der Waals surface area contributed by atoms with Gasteiger partial charge in [0.2, 0.25) is 5.56 Å². The number of amides is 1. The summed E-state index contributed by atoms with van der Waals surface area (Å²) in [5.74, 6) is -1.50. The number of aromatic nitrogens is 1. The van der Waals surface area contributed by atoms with Crippen molar-refractivity contribution >= 4 is 23.2 Å². The van der Waals surface area contributed by atoms with E-state index in [0.717, 1.165) is 4.88 Å². The molecule has 1 aliphatic rings. The number of nitrogens with zero attached hydrogens (tertiary/aromatic N) is 1. The van der Waals surface area contributed by atoms with E-state index in [1.807, 2.05) is 5.38 Å². The second-order valence-corrected chi connectivity index (χ2v) is 5.73. The number of hydrogen-bond donors (Lipinski definition) is 2. The van der Waals surface area contributed by atoms with Gasteiger partial charge in [0.1, 0.15) is 0 Å². The molecule has 2 aromatic heterocycles. The topological polar surface area (TPSA) is 90.5 Å². The molecule has 0 radical (unpaired) electrons. The van der Waals surface area contributed by atoms with Crippen molar-refractivity contribution in [1.29, 1.82) is 0 Å². The first-order valence-electron chi connectivity index (χ1n) is 6.36. The van der Waals surface area contributed by atoms with Gasteiger partial charge in [0.05, 0.1) is 0 Å². The van der Waals surface area contributed by atoms with E-state index in [9.17, 15) is 19.5 Å². The van der Waals surface area contributed by atoms with Gasteiger partial charge in [0, 0.05) is 29.2 Å². The Kier molecular flexibility index (Phi) is 3.34. The quantitative estimate of drug-likeness (QED) is 0.874. The molecule has 0 aromatic carbocycles. The molecule has 0 bridgehead atoms. The summed E-state index contributed by atoms with van der Waals surface area (Å²) in [6, 6.07) is 3.42. The molecule has 0 saturated carbocycles. The van der Waals surface area contributed by atoms with Crippen LogP contribution >= 0.6 is 11.3 Å². The van der Waals surface area contributed by atoms with Crippen molar-refractivity contribution in [1.82, 2.24) is 9.88 Å². The van der Waals surface area contributed by atoms with Gasteiger partial charge in [0.25, 0.3) is 5.91 Å². The van der Waals surface area contributed by atoms with Gasteiger partial charge < -0.3 is 15.0 Å². The maximum absolute atomic E-state index is 12.5. The van der Waals surface area contributed by atoms with Gasteiger partial charge in [-0.3, -0.25) is 9.59 Å². The van der Waals surface area contributed by atoms with E-state index in [-0.39, 0.29) is 11.1 Å². The Morgan fingerprint density at radius 3 is 2.90 bits per heavy atom. The number of rotatable bonds is 2. The molecule has 0 saturated heterocycles. The average molecular weight is 304 g/mol. The van der Waals surface area contributed by atoms with Crippen LogP contribution in [0.4, 0.5) is 0 Å². The second kappa shape index (κ2) is 5.17. The fraction of sp³-hybridized carbons (Fsp3) is 0.214. The molecule has 0 aliphatic carbocycles. The highest BCUT2D eigenvalue weighted by atomic mass is 32.1. The van der Waals surface area contributed by atoms with E-state index >= 15 is 0 Å². The SMILES string of the molecule is O=C(O)C1c2ccsc2CCN1C(=O)c1cc[nH]c(=O)c1. The number of fused-ring (bicyclic) bond motifs is 1. The van der Waals surface area contributed by atoms with Crippen LogP contribution in [0.1, 0.15) is 26.8 Å². The number of thiophene rings is 1. The number of aromatic amines is 1. The van der Waals surface area contributed by atoms with Crippen LogP contribution < -0.4 is 5.56 Å². The highest BCUT2D eigenvalue weighted by molar-refractivity contribution is 7.10. The van der Waals surface area contributed by atoms with Crippen molar-refractivity contribution < 1.29 is 14.7 Å². The molecule has 21 heavy (non-hydrogen) atoms. The number of hydrogen-bond acceptors (Lipinski definition) is 4. The molecule has 3 heterocycles. The minimum Gasteiger partial charge on any atom is -0.479 e. The largest absolute Gasteiger partial charge is 0.479 e. The third-order valence-corrected chi connectivity index (χ3v) is 4.48. The van der Waals surface area contributed by atoms with Crippen LogP contribution in [-0.2, 0) is 11.2 Å². The highest BCUT2D eigenvalue weighted by Gasteiger charge is 2.36. The maximum atomic E-state index is 12.5. The van der Waals surface area contributed by atoms with Gasteiger partial charge in [0.15, 0.2) is 6.04 Å². The van der Waals surface area contributed by atoms with Gasteiger partial charge in [-0.25, -0.2) is 4.79 Å². The average Bonchev–Trinajstić information content (AvgIpc) is 2.93. The summed E-state index contributed by atoms with van der Waals surface area (Å²) in [5.41, 5.74) is 0.474. The molecule has 1 unspecified atom stereocenters. The monoisotopic (exact) mass is 304 g/mol. The van der Waals surface area contributed by atoms with Crippen LogP contribution in [0.2, 0.25) is 0 Å². The highest BCUT2D eigenvalue weighted by Crippen LogP contribution is 2.34. The number of carboxylic acid groups (broad SMARTS) is 1. The fourth-order valence-electron chi connectivity index (χ4n) is 2.54. The van der Waals surface area contributed by atoms with Crippen LogP contribution in [0.3, 0.4) is 0 Å².